The van der Waals surface area contributed by atoms with Gasteiger partial charge in [-0.2, -0.15) is 0 Å². The Balaban J connectivity index is 1.78. The van der Waals surface area contributed by atoms with Crippen LogP contribution in [0.15, 0.2) is 24.3 Å². The molecule has 1 aromatic rings. The van der Waals surface area contributed by atoms with Crippen LogP contribution < -0.4 is 5.32 Å². The van der Waals surface area contributed by atoms with E-state index in [-0.39, 0.29) is 11.8 Å². The molecule has 0 aromatic heterocycles. The summed E-state index contributed by atoms with van der Waals surface area (Å²) in [6.07, 6.45) is 3.75. The largest absolute Gasteiger partial charge is 0.352 e. The lowest BCUT2D eigenvalue weighted by Crippen LogP contribution is -2.43. The number of rotatable bonds is 4. The van der Waals surface area contributed by atoms with Gasteiger partial charge in [-0.3, -0.25) is 9.59 Å². The minimum atomic E-state index is -0.113. The Morgan fingerprint density at radius 1 is 1.33 bits per heavy atom. The lowest BCUT2D eigenvalue weighted by molar-refractivity contribution is -0.134. The van der Waals surface area contributed by atoms with Gasteiger partial charge >= 0.3 is 0 Å². The van der Waals surface area contributed by atoms with Crippen LogP contribution in [0.2, 0.25) is 0 Å². The molecule has 1 N–H and O–H groups in total. The van der Waals surface area contributed by atoms with Crippen LogP contribution in [0.3, 0.4) is 0 Å². The van der Waals surface area contributed by atoms with Crippen molar-refractivity contribution in [3.05, 3.63) is 35.4 Å². The molecular weight excluding hydrogens is 264 g/mol. The minimum Gasteiger partial charge on any atom is -0.352 e. The second kappa shape index (κ2) is 7.25. The summed E-state index contributed by atoms with van der Waals surface area (Å²) in [5.74, 6) is 0.0323. The predicted molar refractivity (Wildman–Crippen MR) is 83.2 cm³/mol. The van der Waals surface area contributed by atoms with Crippen molar-refractivity contribution >= 4 is 11.8 Å². The van der Waals surface area contributed by atoms with Gasteiger partial charge in [0.1, 0.15) is 0 Å². The summed E-state index contributed by atoms with van der Waals surface area (Å²) in [6.45, 7) is 5.31. The number of benzene rings is 1. The number of amides is 2. The molecule has 0 aliphatic carbocycles. The van der Waals surface area contributed by atoms with E-state index in [9.17, 15) is 9.59 Å². The van der Waals surface area contributed by atoms with Crippen LogP contribution in [0.25, 0.3) is 0 Å². The topological polar surface area (TPSA) is 49.4 Å². The lowest BCUT2D eigenvalue weighted by atomic mass is 10.0. The zero-order valence-corrected chi connectivity index (χ0v) is 12.9. The molecule has 0 unspecified atom stereocenters. The van der Waals surface area contributed by atoms with Gasteiger partial charge in [0.05, 0.1) is 0 Å². The molecule has 1 saturated heterocycles. The maximum Gasteiger partial charge on any atom is 0.251 e. The van der Waals surface area contributed by atoms with Crippen LogP contribution in [0, 0.1) is 6.92 Å². The molecule has 1 heterocycles. The molecule has 21 heavy (non-hydrogen) atoms. The second-order valence-electron chi connectivity index (χ2n) is 5.81. The van der Waals surface area contributed by atoms with Crippen molar-refractivity contribution in [2.24, 2.45) is 0 Å². The van der Waals surface area contributed by atoms with Crippen LogP contribution >= 0.6 is 0 Å². The fourth-order valence-corrected chi connectivity index (χ4v) is 2.78. The highest BCUT2D eigenvalue weighted by Gasteiger charge is 2.22. The average Bonchev–Trinajstić information content (AvgIpc) is 2.47. The maximum atomic E-state index is 12.2. The number of nitrogens with zero attached hydrogens (tertiary/aromatic N) is 1. The highest BCUT2D eigenvalue weighted by Crippen LogP contribution is 2.17. The first-order valence-corrected chi connectivity index (χ1v) is 7.72. The van der Waals surface area contributed by atoms with Gasteiger partial charge in [-0.25, -0.2) is 0 Å². The first-order valence-electron chi connectivity index (χ1n) is 7.72. The molecule has 2 amide bonds. The van der Waals surface area contributed by atoms with Crippen molar-refractivity contribution in [1.29, 1.82) is 0 Å². The molecule has 4 heteroatoms. The summed E-state index contributed by atoms with van der Waals surface area (Å²) in [5, 5.41) is 2.82. The smallest absolute Gasteiger partial charge is 0.251 e. The fraction of sp³-hybridized carbons (Fsp3) is 0.529. The van der Waals surface area contributed by atoms with Gasteiger partial charge in [0.15, 0.2) is 0 Å². The molecule has 114 valence electrons. The van der Waals surface area contributed by atoms with Crippen LogP contribution in [-0.4, -0.2) is 35.8 Å². The minimum absolute atomic E-state index is 0.113. The summed E-state index contributed by atoms with van der Waals surface area (Å²) < 4.78 is 0. The molecule has 2 rings (SSSR count). The number of nitrogens with one attached hydrogen (secondary N) is 1. The van der Waals surface area contributed by atoms with E-state index < -0.39 is 0 Å². The molecule has 0 radical (unpaired) electrons. The number of piperidine rings is 1. The van der Waals surface area contributed by atoms with E-state index in [0.717, 1.165) is 24.9 Å². The highest BCUT2D eigenvalue weighted by molar-refractivity contribution is 5.94. The Kier molecular flexibility index (Phi) is 5.37. The van der Waals surface area contributed by atoms with Gasteiger partial charge in [-0.05, 0) is 45.2 Å². The van der Waals surface area contributed by atoms with Gasteiger partial charge in [-0.1, -0.05) is 17.7 Å². The third-order valence-electron chi connectivity index (χ3n) is 4.03. The fourth-order valence-electron chi connectivity index (χ4n) is 2.78. The third kappa shape index (κ3) is 4.31. The molecule has 4 nitrogen and oxygen atoms in total. The normalized spacial score (nSPS) is 18.4. The first kappa shape index (κ1) is 15.5. The number of aryl methyl sites for hydroxylation is 1. The van der Waals surface area contributed by atoms with Gasteiger partial charge in [0.25, 0.3) is 5.91 Å². The van der Waals surface area contributed by atoms with Crippen molar-refractivity contribution in [2.75, 3.05) is 13.1 Å². The Bertz CT molecular complexity index is 513. The molecule has 1 fully saturated rings. The molecule has 0 bridgehead atoms. The number of hydrogen-bond acceptors (Lipinski definition) is 2. The van der Waals surface area contributed by atoms with Crippen LogP contribution in [-0.2, 0) is 4.79 Å². The van der Waals surface area contributed by atoms with Crippen LogP contribution in [0.5, 0.6) is 0 Å². The summed E-state index contributed by atoms with van der Waals surface area (Å²) in [5.41, 5.74) is 1.70. The van der Waals surface area contributed by atoms with E-state index in [1.165, 1.54) is 6.42 Å². The molecule has 1 aliphatic heterocycles. The summed E-state index contributed by atoms with van der Waals surface area (Å²) in [6, 6.07) is 7.79. The maximum absolute atomic E-state index is 12.2. The zero-order valence-electron chi connectivity index (χ0n) is 12.9. The highest BCUT2D eigenvalue weighted by atomic mass is 16.2. The Morgan fingerprint density at radius 2 is 2.14 bits per heavy atom. The third-order valence-corrected chi connectivity index (χ3v) is 4.03. The monoisotopic (exact) mass is 288 g/mol. The number of carbonyl (C=O) groups excluding carboxylic acids is 2. The van der Waals surface area contributed by atoms with E-state index in [4.69, 9.17) is 0 Å². The zero-order chi connectivity index (χ0) is 15.2. The quantitative estimate of drug-likeness (QED) is 0.925. The number of likely N-dealkylation sites (tertiary alicyclic amines) is 1. The molecule has 0 spiro atoms. The van der Waals surface area contributed by atoms with E-state index in [1.54, 1.807) is 6.07 Å². The van der Waals surface area contributed by atoms with Gasteiger partial charge in [0, 0.05) is 31.1 Å². The van der Waals surface area contributed by atoms with Gasteiger partial charge in [0.2, 0.25) is 5.91 Å². The Morgan fingerprint density at radius 3 is 2.86 bits per heavy atom. The van der Waals surface area contributed by atoms with Gasteiger partial charge < -0.3 is 10.2 Å². The van der Waals surface area contributed by atoms with Crippen LogP contribution in [0.4, 0.5) is 0 Å². The van der Waals surface area contributed by atoms with E-state index in [0.29, 0.717) is 24.6 Å². The Hall–Kier alpha value is -1.84. The van der Waals surface area contributed by atoms with Crippen molar-refractivity contribution in [3.8, 4) is 0 Å². The summed E-state index contributed by atoms with van der Waals surface area (Å²) in [4.78, 5) is 26.1. The SMILES string of the molecule is Cc1cccc(C(=O)NCCC(=O)N2CCCC[C@H]2C)c1. The summed E-state index contributed by atoms with van der Waals surface area (Å²) >= 11 is 0. The van der Waals surface area contributed by atoms with E-state index >= 15 is 0 Å². The molecule has 1 aliphatic rings. The average molecular weight is 288 g/mol. The summed E-state index contributed by atoms with van der Waals surface area (Å²) in [7, 11) is 0. The molecular formula is C17H24N2O2. The Labute approximate surface area is 126 Å². The van der Waals surface area contributed by atoms with E-state index in [2.05, 4.69) is 12.2 Å². The van der Waals surface area contributed by atoms with Crippen molar-refractivity contribution in [1.82, 2.24) is 10.2 Å². The van der Waals surface area contributed by atoms with Crippen LogP contribution in [0.1, 0.15) is 48.5 Å². The molecule has 0 saturated carbocycles. The molecule has 1 atom stereocenters. The van der Waals surface area contributed by atoms with E-state index in [1.807, 2.05) is 30.0 Å². The predicted octanol–water partition coefficient (Wildman–Crippen LogP) is 2.52. The van der Waals surface area contributed by atoms with Crippen molar-refractivity contribution < 1.29 is 9.59 Å². The first-order chi connectivity index (χ1) is 10.1. The standard InChI is InChI=1S/C17H24N2O2/c1-13-6-5-8-15(12-13)17(21)18-10-9-16(20)19-11-4-3-7-14(19)2/h5-6,8,12,14H,3-4,7,9-11H2,1-2H3,(H,18,21)/t14-/m1/s1. The van der Waals surface area contributed by atoms with Crippen molar-refractivity contribution in [3.63, 3.8) is 0 Å². The second-order valence-corrected chi connectivity index (χ2v) is 5.81. The van der Waals surface area contributed by atoms with Gasteiger partial charge in [-0.15, -0.1) is 0 Å². The van der Waals surface area contributed by atoms with Crippen molar-refractivity contribution in [2.45, 2.75) is 45.6 Å². The number of carbonyl (C=O) groups is 2. The number of hydrogen-bond donors (Lipinski definition) is 1. The molecule has 1 aromatic carbocycles. The lowest BCUT2D eigenvalue weighted by Gasteiger charge is -2.33.